The summed E-state index contributed by atoms with van der Waals surface area (Å²) in [6.45, 7) is 4.66. The minimum atomic E-state index is 0.340. The van der Waals surface area contributed by atoms with Crippen molar-refractivity contribution < 1.29 is 5.11 Å². The molecule has 1 saturated heterocycles. The number of rotatable bonds is 4. The maximum atomic E-state index is 9.30. The number of nitrogens with one attached hydrogen (secondary N) is 1. The number of hydrogen-bond acceptors (Lipinski definition) is 3. The zero-order chi connectivity index (χ0) is 12.5. The van der Waals surface area contributed by atoms with Crippen LogP contribution in [0.2, 0.25) is 0 Å². The average Bonchev–Trinajstić information content (AvgIpc) is 3.11. The van der Waals surface area contributed by atoms with Crippen LogP contribution in [-0.4, -0.2) is 35.2 Å². The molecular weight excluding hydrogens is 224 g/mol. The molecule has 2 unspecified atom stereocenters. The number of hydrogen-bond donors (Lipinski definition) is 2. The van der Waals surface area contributed by atoms with Gasteiger partial charge in [0.05, 0.1) is 0 Å². The van der Waals surface area contributed by atoms with Crippen LogP contribution in [-0.2, 0) is 0 Å². The Labute approximate surface area is 109 Å². The number of phenolic OH excluding ortho intramolecular Hbond substituents is 1. The predicted octanol–water partition coefficient (Wildman–Crippen LogP) is 2.28. The monoisotopic (exact) mass is 246 g/mol. The largest absolute Gasteiger partial charge is 0.508 e. The summed E-state index contributed by atoms with van der Waals surface area (Å²) < 4.78 is 0. The fourth-order valence-electron chi connectivity index (χ4n) is 2.91. The van der Waals surface area contributed by atoms with Crippen LogP contribution in [0, 0.1) is 0 Å². The van der Waals surface area contributed by atoms with Crippen LogP contribution >= 0.6 is 0 Å². The van der Waals surface area contributed by atoms with Crippen molar-refractivity contribution in [1.29, 1.82) is 0 Å². The predicted molar refractivity (Wildman–Crippen MR) is 72.7 cm³/mol. The van der Waals surface area contributed by atoms with Crippen LogP contribution in [0.25, 0.3) is 0 Å². The summed E-state index contributed by atoms with van der Waals surface area (Å²) in [7, 11) is 0. The summed E-state index contributed by atoms with van der Waals surface area (Å²) in [5.74, 6) is 0.340. The standard InChI is InChI=1S/C15H22N2O/c1-11(12-2-6-15(18)7-3-12)16-13-8-9-17(10-13)14-4-5-14/h2-3,6-7,11,13-14,16,18H,4-5,8-10H2,1H3. The van der Waals surface area contributed by atoms with Crippen molar-refractivity contribution in [3.63, 3.8) is 0 Å². The van der Waals surface area contributed by atoms with E-state index < -0.39 is 0 Å². The molecule has 0 aromatic heterocycles. The Kier molecular flexibility index (Phi) is 3.27. The maximum Gasteiger partial charge on any atom is 0.115 e. The first-order chi connectivity index (χ1) is 8.72. The van der Waals surface area contributed by atoms with E-state index in [9.17, 15) is 5.11 Å². The fourth-order valence-corrected chi connectivity index (χ4v) is 2.91. The molecule has 1 aromatic carbocycles. The van der Waals surface area contributed by atoms with Crippen molar-refractivity contribution in [2.45, 2.75) is 44.3 Å². The first-order valence-electron chi connectivity index (χ1n) is 7.01. The minimum Gasteiger partial charge on any atom is -0.508 e. The highest BCUT2D eigenvalue weighted by Gasteiger charge is 2.34. The van der Waals surface area contributed by atoms with Crippen LogP contribution in [0.4, 0.5) is 0 Å². The van der Waals surface area contributed by atoms with Crippen LogP contribution in [0.15, 0.2) is 24.3 Å². The summed E-state index contributed by atoms with van der Waals surface area (Å²) in [5, 5.41) is 13.0. The van der Waals surface area contributed by atoms with Gasteiger partial charge >= 0.3 is 0 Å². The zero-order valence-electron chi connectivity index (χ0n) is 11.0. The van der Waals surface area contributed by atoms with E-state index in [2.05, 4.69) is 17.1 Å². The second-order valence-corrected chi connectivity index (χ2v) is 5.69. The van der Waals surface area contributed by atoms with Gasteiger partial charge in [0, 0.05) is 31.2 Å². The molecule has 1 aliphatic heterocycles. The number of phenols is 1. The molecule has 1 aliphatic carbocycles. The molecule has 0 amide bonds. The molecule has 3 nitrogen and oxygen atoms in total. The lowest BCUT2D eigenvalue weighted by Gasteiger charge is -2.20. The van der Waals surface area contributed by atoms with Crippen molar-refractivity contribution in [2.75, 3.05) is 13.1 Å². The fraction of sp³-hybridized carbons (Fsp3) is 0.600. The van der Waals surface area contributed by atoms with Gasteiger partial charge in [-0.25, -0.2) is 0 Å². The van der Waals surface area contributed by atoms with Gasteiger partial charge in [-0.15, -0.1) is 0 Å². The third-order valence-electron chi connectivity index (χ3n) is 4.16. The third-order valence-corrected chi connectivity index (χ3v) is 4.16. The lowest BCUT2D eigenvalue weighted by Crippen LogP contribution is -2.34. The first kappa shape index (κ1) is 12.0. The van der Waals surface area contributed by atoms with Crippen LogP contribution in [0.5, 0.6) is 5.75 Å². The zero-order valence-corrected chi connectivity index (χ0v) is 11.0. The molecule has 1 heterocycles. The first-order valence-corrected chi connectivity index (χ1v) is 7.01. The van der Waals surface area contributed by atoms with Crippen LogP contribution < -0.4 is 5.32 Å². The van der Waals surface area contributed by atoms with Gasteiger partial charge in [0.2, 0.25) is 0 Å². The second kappa shape index (κ2) is 4.90. The van der Waals surface area contributed by atoms with E-state index in [-0.39, 0.29) is 0 Å². The van der Waals surface area contributed by atoms with Gasteiger partial charge in [0.15, 0.2) is 0 Å². The van der Waals surface area contributed by atoms with Crippen LogP contribution in [0.3, 0.4) is 0 Å². The van der Waals surface area contributed by atoms with Crippen molar-refractivity contribution in [3.05, 3.63) is 29.8 Å². The molecule has 2 N–H and O–H groups in total. The van der Waals surface area contributed by atoms with Crippen molar-refractivity contribution >= 4 is 0 Å². The molecule has 2 atom stereocenters. The maximum absolute atomic E-state index is 9.30. The Bertz CT molecular complexity index is 399. The van der Waals surface area contributed by atoms with Gasteiger partial charge < -0.3 is 10.4 Å². The normalized spacial score (nSPS) is 26.4. The number of benzene rings is 1. The van der Waals surface area contributed by atoms with Crippen molar-refractivity contribution in [3.8, 4) is 5.75 Å². The Hall–Kier alpha value is -1.06. The highest BCUT2D eigenvalue weighted by Crippen LogP contribution is 2.30. The number of aromatic hydroxyl groups is 1. The molecular formula is C15H22N2O. The molecule has 1 saturated carbocycles. The molecule has 0 radical (unpaired) electrons. The van der Waals surface area contributed by atoms with Gasteiger partial charge in [0.25, 0.3) is 0 Å². The van der Waals surface area contributed by atoms with Crippen molar-refractivity contribution in [2.24, 2.45) is 0 Å². The lowest BCUT2D eigenvalue weighted by atomic mass is 10.1. The molecule has 0 spiro atoms. The van der Waals surface area contributed by atoms with Gasteiger partial charge in [-0.2, -0.15) is 0 Å². The summed E-state index contributed by atoms with van der Waals surface area (Å²) in [4.78, 5) is 2.63. The molecule has 3 heteroatoms. The Balaban J connectivity index is 1.54. The molecule has 18 heavy (non-hydrogen) atoms. The van der Waals surface area contributed by atoms with E-state index in [0.717, 1.165) is 6.04 Å². The molecule has 2 fully saturated rings. The highest BCUT2D eigenvalue weighted by atomic mass is 16.3. The molecule has 0 bridgehead atoms. The summed E-state index contributed by atoms with van der Waals surface area (Å²) >= 11 is 0. The topological polar surface area (TPSA) is 35.5 Å². The molecule has 1 aromatic rings. The summed E-state index contributed by atoms with van der Waals surface area (Å²) in [6.07, 6.45) is 4.07. The molecule has 2 aliphatic rings. The van der Waals surface area contributed by atoms with E-state index >= 15 is 0 Å². The summed E-state index contributed by atoms with van der Waals surface area (Å²) in [5.41, 5.74) is 1.25. The van der Waals surface area contributed by atoms with E-state index in [4.69, 9.17) is 0 Å². The van der Waals surface area contributed by atoms with Crippen molar-refractivity contribution in [1.82, 2.24) is 10.2 Å². The van der Waals surface area contributed by atoms with Gasteiger partial charge in [-0.1, -0.05) is 12.1 Å². The van der Waals surface area contributed by atoms with Gasteiger partial charge in [0.1, 0.15) is 5.75 Å². The van der Waals surface area contributed by atoms with Gasteiger partial charge in [-0.3, -0.25) is 4.90 Å². The Morgan fingerprint density at radius 1 is 1.22 bits per heavy atom. The SMILES string of the molecule is CC(NC1CCN(C2CC2)C1)c1ccc(O)cc1. The van der Waals surface area contributed by atoms with Gasteiger partial charge in [-0.05, 0) is 43.9 Å². The lowest BCUT2D eigenvalue weighted by molar-refractivity contribution is 0.313. The second-order valence-electron chi connectivity index (χ2n) is 5.69. The average molecular weight is 246 g/mol. The Morgan fingerprint density at radius 2 is 1.94 bits per heavy atom. The van der Waals surface area contributed by atoms with E-state index in [1.807, 2.05) is 12.1 Å². The molecule has 3 rings (SSSR count). The van der Waals surface area contributed by atoms with E-state index in [1.165, 1.54) is 37.9 Å². The molecule has 98 valence electrons. The number of nitrogens with zero attached hydrogens (tertiary/aromatic N) is 1. The van der Waals surface area contributed by atoms with Crippen LogP contribution in [0.1, 0.15) is 37.8 Å². The highest BCUT2D eigenvalue weighted by molar-refractivity contribution is 5.27. The number of likely N-dealkylation sites (tertiary alicyclic amines) is 1. The quantitative estimate of drug-likeness (QED) is 0.855. The summed E-state index contributed by atoms with van der Waals surface area (Å²) in [6, 6.07) is 9.39. The Morgan fingerprint density at radius 3 is 2.61 bits per heavy atom. The van der Waals surface area contributed by atoms with E-state index in [1.54, 1.807) is 12.1 Å². The van der Waals surface area contributed by atoms with E-state index in [0.29, 0.717) is 17.8 Å². The smallest absolute Gasteiger partial charge is 0.115 e. The minimum absolute atomic E-state index is 0.340. The third kappa shape index (κ3) is 2.68.